The van der Waals surface area contributed by atoms with Crippen LogP contribution in [0.4, 0.5) is 0 Å². The topological polar surface area (TPSA) is 37.3 Å². The van der Waals surface area contributed by atoms with E-state index in [9.17, 15) is 4.79 Å². The van der Waals surface area contributed by atoms with Crippen molar-refractivity contribution >= 4 is 5.97 Å². The molecule has 1 N–H and O–H groups in total. The minimum absolute atomic E-state index is 0.346. The van der Waals surface area contributed by atoms with Crippen LogP contribution in [0.1, 0.15) is 97.3 Å². The first kappa shape index (κ1) is 18.5. The average molecular weight is 296 g/mol. The Labute approximate surface area is 131 Å². The molecule has 2 nitrogen and oxygen atoms in total. The zero-order chi connectivity index (χ0) is 15.5. The molecular weight excluding hydrogens is 260 g/mol. The Morgan fingerprint density at radius 3 is 2.43 bits per heavy atom. The van der Waals surface area contributed by atoms with Crippen molar-refractivity contribution in [3.05, 3.63) is 0 Å². The molecule has 1 fully saturated rings. The number of rotatable bonds is 14. The van der Waals surface area contributed by atoms with E-state index in [-0.39, 0.29) is 0 Å². The molecule has 1 aliphatic rings. The van der Waals surface area contributed by atoms with Crippen LogP contribution in [0.2, 0.25) is 0 Å². The van der Waals surface area contributed by atoms with Crippen molar-refractivity contribution in [1.29, 1.82) is 0 Å². The van der Waals surface area contributed by atoms with E-state index in [2.05, 4.69) is 13.8 Å². The molecule has 0 amide bonds. The van der Waals surface area contributed by atoms with Crippen LogP contribution in [0, 0.1) is 17.8 Å². The number of carboxylic acids is 1. The maximum Gasteiger partial charge on any atom is 0.303 e. The summed E-state index contributed by atoms with van der Waals surface area (Å²) in [5.41, 5.74) is 0. The van der Waals surface area contributed by atoms with Gasteiger partial charge in [-0.05, 0) is 30.6 Å². The third-order valence-electron chi connectivity index (χ3n) is 5.19. The molecular formula is C19H36O2. The largest absolute Gasteiger partial charge is 0.481 e. The van der Waals surface area contributed by atoms with Crippen LogP contribution in [-0.4, -0.2) is 11.1 Å². The van der Waals surface area contributed by atoms with E-state index in [0.717, 1.165) is 30.6 Å². The molecule has 0 aliphatic heterocycles. The summed E-state index contributed by atoms with van der Waals surface area (Å²) in [6, 6.07) is 0. The van der Waals surface area contributed by atoms with Gasteiger partial charge in [-0.25, -0.2) is 0 Å². The lowest BCUT2D eigenvalue weighted by Gasteiger charge is -2.10. The van der Waals surface area contributed by atoms with Crippen molar-refractivity contribution in [2.45, 2.75) is 97.3 Å². The maximum atomic E-state index is 10.4. The lowest BCUT2D eigenvalue weighted by molar-refractivity contribution is -0.137. The summed E-state index contributed by atoms with van der Waals surface area (Å²) in [5.74, 6) is 2.22. The second-order valence-corrected chi connectivity index (χ2v) is 7.19. The standard InChI is InChI=1S/C19H36O2/c1-3-4-5-6-7-10-13-17-15-18(17)16(2)12-9-8-11-14-19(20)21/h16-18H,3-15H2,1-2H3,(H,20,21). The van der Waals surface area contributed by atoms with E-state index in [1.807, 2.05) is 0 Å². The highest BCUT2D eigenvalue weighted by atomic mass is 16.4. The summed E-state index contributed by atoms with van der Waals surface area (Å²) >= 11 is 0. The molecule has 0 aromatic heterocycles. The van der Waals surface area contributed by atoms with Gasteiger partial charge in [-0.1, -0.05) is 78.1 Å². The van der Waals surface area contributed by atoms with Gasteiger partial charge in [0.25, 0.3) is 0 Å². The van der Waals surface area contributed by atoms with Crippen molar-refractivity contribution in [3.63, 3.8) is 0 Å². The molecule has 124 valence electrons. The Morgan fingerprint density at radius 1 is 1.05 bits per heavy atom. The zero-order valence-corrected chi connectivity index (χ0v) is 14.3. The lowest BCUT2D eigenvalue weighted by atomic mass is 9.95. The van der Waals surface area contributed by atoms with Gasteiger partial charge >= 0.3 is 5.97 Å². The van der Waals surface area contributed by atoms with Crippen molar-refractivity contribution in [3.8, 4) is 0 Å². The van der Waals surface area contributed by atoms with Crippen LogP contribution in [0.25, 0.3) is 0 Å². The minimum atomic E-state index is -0.649. The number of hydrogen-bond donors (Lipinski definition) is 1. The Morgan fingerprint density at radius 2 is 1.71 bits per heavy atom. The molecule has 0 aromatic carbocycles. The minimum Gasteiger partial charge on any atom is -0.481 e. The maximum absolute atomic E-state index is 10.4. The van der Waals surface area contributed by atoms with Gasteiger partial charge in [0, 0.05) is 6.42 Å². The van der Waals surface area contributed by atoms with E-state index >= 15 is 0 Å². The molecule has 0 saturated heterocycles. The Bertz CT molecular complexity index is 275. The lowest BCUT2D eigenvalue weighted by Crippen LogP contribution is -2.00. The molecule has 0 heterocycles. The summed E-state index contributed by atoms with van der Waals surface area (Å²) in [5, 5.41) is 8.61. The summed E-state index contributed by atoms with van der Waals surface area (Å²) in [7, 11) is 0. The molecule has 1 aliphatic carbocycles. The van der Waals surface area contributed by atoms with Gasteiger partial charge in [-0.2, -0.15) is 0 Å². The summed E-state index contributed by atoms with van der Waals surface area (Å²) < 4.78 is 0. The summed E-state index contributed by atoms with van der Waals surface area (Å²) in [6.07, 6.45) is 16.2. The normalized spacial score (nSPS) is 22.2. The highest BCUT2D eigenvalue weighted by molar-refractivity contribution is 5.66. The Balaban J connectivity index is 1.90. The number of hydrogen-bond acceptors (Lipinski definition) is 1. The van der Waals surface area contributed by atoms with E-state index in [1.165, 1.54) is 64.2 Å². The van der Waals surface area contributed by atoms with Crippen LogP contribution < -0.4 is 0 Å². The van der Waals surface area contributed by atoms with E-state index in [1.54, 1.807) is 0 Å². The number of unbranched alkanes of at least 4 members (excludes halogenated alkanes) is 7. The van der Waals surface area contributed by atoms with Gasteiger partial charge in [-0.3, -0.25) is 4.79 Å². The number of aliphatic carboxylic acids is 1. The van der Waals surface area contributed by atoms with Gasteiger partial charge in [0.15, 0.2) is 0 Å². The predicted molar refractivity (Wildman–Crippen MR) is 89.5 cm³/mol. The van der Waals surface area contributed by atoms with Crippen molar-refractivity contribution in [1.82, 2.24) is 0 Å². The molecule has 0 radical (unpaired) electrons. The van der Waals surface area contributed by atoms with Crippen molar-refractivity contribution in [2.75, 3.05) is 0 Å². The monoisotopic (exact) mass is 296 g/mol. The van der Waals surface area contributed by atoms with Crippen LogP contribution >= 0.6 is 0 Å². The van der Waals surface area contributed by atoms with Gasteiger partial charge in [0.1, 0.15) is 0 Å². The summed E-state index contributed by atoms with van der Waals surface area (Å²) in [6.45, 7) is 4.68. The third kappa shape index (κ3) is 9.16. The quantitative estimate of drug-likeness (QED) is 0.396. The van der Waals surface area contributed by atoms with E-state index in [4.69, 9.17) is 5.11 Å². The first-order chi connectivity index (χ1) is 10.1. The second-order valence-electron chi connectivity index (χ2n) is 7.19. The fraction of sp³-hybridized carbons (Fsp3) is 0.947. The van der Waals surface area contributed by atoms with E-state index < -0.39 is 5.97 Å². The van der Waals surface area contributed by atoms with Crippen molar-refractivity contribution in [2.24, 2.45) is 17.8 Å². The number of carbonyl (C=O) groups is 1. The molecule has 2 heteroatoms. The molecule has 0 aromatic rings. The third-order valence-corrected chi connectivity index (χ3v) is 5.19. The van der Waals surface area contributed by atoms with Gasteiger partial charge in [-0.15, -0.1) is 0 Å². The molecule has 0 bridgehead atoms. The second kappa shape index (κ2) is 11.1. The SMILES string of the molecule is CCCCCCCCC1CC1C(C)CCCCCC(=O)O. The van der Waals surface area contributed by atoms with Crippen LogP contribution in [0.3, 0.4) is 0 Å². The van der Waals surface area contributed by atoms with Gasteiger partial charge in [0.05, 0.1) is 0 Å². The fourth-order valence-corrected chi connectivity index (χ4v) is 3.62. The van der Waals surface area contributed by atoms with Crippen molar-refractivity contribution < 1.29 is 9.90 Å². The first-order valence-electron chi connectivity index (χ1n) is 9.37. The number of carboxylic acid groups (broad SMARTS) is 1. The molecule has 21 heavy (non-hydrogen) atoms. The highest BCUT2D eigenvalue weighted by Crippen LogP contribution is 2.48. The van der Waals surface area contributed by atoms with Gasteiger partial charge in [0.2, 0.25) is 0 Å². The molecule has 0 spiro atoms. The smallest absolute Gasteiger partial charge is 0.303 e. The molecule has 3 unspecified atom stereocenters. The van der Waals surface area contributed by atoms with Crippen LogP contribution in [0.15, 0.2) is 0 Å². The molecule has 3 atom stereocenters. The summed E-state index contributed by atoms with van der Waals surface area (Å²) in [4.78, 5) is 10.4. The van der Waals surface area contributed by atoms with Crippen LogP contribution in [-0.2, 0) is 4.79 Å². The Hall–Kier alpha value is -0.530. The van der Waals surface area contributed by atoms with Crippen LogP contribution in [0.5, 0.6) is 0 Å². The van der Waals surface area contributed by atoms with E-state index in [0.29, 0.717) is 6.42 Å². The Kier molecular flexibility index (Phi) is 9.78. The average Bonchev–Trinajstić information content (AvgIpc) is 3.21. The highest BCUT2D eigenvalue weighted by Gasteiger charge is 2.39. The predicted octanol–water partition coefficient (Wildman–Crippen LogP) is 6.04. The fourth-order valence-electron chi connectivity index (χ4n) is 3.62. The molecule has 1 rings (SSSR count). The van der Waals surface area contributed by atoms with Gasteiger partial charge < -0.3 is 5.11 Å². The zero-order valence-electron chi connectivity index (χ0n) is 14.3. The first-order valence-corrected chi connectivity index (χ1v) is 9.37. The molecule has 1 saturated carbocycles.